The predicted octanol–water partition coefficient (Wildman–Crippen LogP) is 3.43. The minimum atomic E-state index is 0.195. The molecule has 2 aromatic heterocycles. The third kappa shape index (κ3) is 3.89. The molecule has 1 aliphatic heterocycles. The Labute approximate surface area is 164 Å². The monoisotopic (exact) mass is 405 g/mol. The Morgan fingerprint density at radius 3 is 2.81 bits per heavy atom. The molecule has 1 fully saturated rings. The summed E-state index contributed by atoms with van der Waals surface area (Å²) in [5, 5.41) is 9.32. The zero-order chi connectivity index (χ0) is 17.9. The number of thioether (sulfide) groups is 2. The van der Waals surface area contributed by atoms with Crippen LogP contribution in [-0.2, 0) is 17.6 Å². The number of fused-ring (bicyclic) bond motifs is 1. The molecule has 0 unspecified atom stereocenters. The first kappa shape index (κ1) is 17.8. The van der Waals surface area contributed by atoms with Gasteiger partial charge in [0.15, 0.2) is 9.50 Å². The molecule has 6 nitrogen and oxygen atoms in total. The normalized spacial score (nSPS) is 14.4. The molecule has 0 saturated carbocycles. The van der Waals surface area contributed by atoms with E-state index in [2.05, 4.69) is 21.2 Å². The third-order valence-electron chi connectivity index (χ3n) is 4.31. The van der Waals surface area contributed by atoms with Crippen LogP contribution >= 0.6 is 34.9 Å². The van der Waals surface area contributed by atoms with Crippen LogP contribution in [0.5, 0.6) is 0 Å². The van der Waals surface area contributed by atoms with Crippen LogP contribution in [-0.4, -0.2) is 49.4 Å². The molecule has 0 N–H and O–H groups in total. The van der Waals surface area contributed by atoms with Crippen molar-refractivity contribution in [3.05, 3.63) is 30.1 Å². The lowest BCUT2D eigenvalue weighted by Crippen LogP contribution is -2.29. The van der Waals surface area contributed by atoms with Gasteiger partial charge in [0, 0.05) is 20.1 Å². The SMILES string of the molecule is Cn1c(CSc2nc3ccccc3s2)nnc1SCC(=O)N1CCCC1. The zero-order valence-corrected chi connectivity index (χ0v) is 16.9. The molecule has 136 valence electrons. The quantitative estimate of drug-likeness (QED) is 0.586. The molecular weight excluding hydrogens is 386 g/mol. The van der Waals surface area contributed by atoms with Crippen molar-refractivity contribution in [1.29, 1.82) is 0 Å². The van der Waals surface area contributed by atoms with Gasteiger partial charge in [-0.05, 0) is 25.0 Å². The van der Waals surface area contributed by atoms with Crippen molar-refractivity contribution < 1.29 is 4.79 Å². The van der Waals surface area contributed by atoms with Crippen molar-refractivity contribution in [1.82, 2.24) is 24.6 Å². The first-order chi connectivity index (χ1) is 12.7. The summed E-state index contributed by atoms with van der Waals surface area (Å²) < 4.78 is 4.21. The van der Waals surface area contributed by atoms with Crippen molar-refractivity contribution in [2.24, 2.45) is 7.05 Å². The molecule has 3 aromatic rings. The number of hydrogen-bond acceptors (Lipinski definition) is 7. The maximum absolute atomic E-state index is 12.2. The smallest absolute Gasteiger partial charge is 0.233 e. The molecule has 3 heterocycles. The summed E-state index contributed by atoms with van der Waals surface area (Å²) in [5.41, 5.74) is 1.04. The minimum Gasteiger partial charge on any atom is -0.342 e. The number of aromatic nitrogens is 4. The summed E-state index contributed by atoms with van der Waals surface area (Å²) in [5.74, 6) is 2.23. The number of nitrogens with zero attached hydrogens (tertiary/aromatic N) is 5. The Bertz CT molecular complexity index is 883. The van der Waals surface area contributed by atoms with E-state index >= 15 is 0 Å². The van der Waals surface area contributed by atoms with E-state index in [4.69, 9.17) is 0 Å². The lowest BCUT2D eigenvalue weighted by Gasteiger charge is -2.14. The van der Waals surface area contributed by atoms with Gasteiger partial charge in [0.05, 0.1) is 21.7 Å². The Morgan fingerprint density at radius 1 is 1.19 bits per heavy atom. The van der Waals surface area contributed by atoms with Gasteiger partial charge in [0.25, 0.3) is 0 Å². The first-order valence-electron chi connectivity index (χ1n) is 8.48. The molecule has 4 rings (SSSR count). The molecule has 0 bridgehead atoms. The van der Waals surface area contributed by atoms with E-state index in [1.54, 1.807) is 23.1 Å². The fourth-order valence-corrected chi connectivity index (χ4v) is 5.70. The van der Waals surface area contributed by atoms with Gasteiger partial charge in [-0.25, -0.2) is 4.98 Å². The second-order valence-electron chi connectivity index (χ2n) is 6.07. The Kier molecular flexibility index (Phi) is 5.46. The van der Waals surface area contributed by atoms with Crippen LogP contribution in [0.1, 0.15) is 18.7 Å². The lowest BCUT2D eigenvalue weighted by molar-refractivity contribution is -0.127. The summed E-state index contributed by atoms with van der Waals surface area (Å²) in [4.78, 5) is 18.7. The Hall–Kier alpha value is -1.58. The van der Waals surface area contributed by atoms with Crippen LogP contribution in [0.15, 0.2) is 33.8 Å². The van der Waals surface area contributed by atoms with Crippen LogP contribution in [0.2, 0.25) is 0 Å². The fraction of sp³-hybridized carbons (Fsp3) is 0.412. The molecule has 0 atom stereocenters. The molecule has 1 amide bonds. The number of thiazole rings is 1. The highest BCUT2D eigenvalue weighted by atomic mass is 32.2. The fourth-order valence-electron chi connectivity index (χ4n) is 2.82. The number of likely N-dealkylation sites (tertiary alicyclic amines) is 1. The molecule has 1 saturated heterocycles. The minimum absolute atomic E-state index is 0.195. The third-order valence-corrected chi connectivity index (χ3v) is 7.49. The molecule has 1 aromatic carbocycles. The van der Waals surface area contributed by atoms with Crippen LogP contribution in [0.4, 0.5) is 0 Å². The lowest BCUT2D eigenvalue weighted by atomic mass is 10.3. The standard InChI is InChI=1S/C17H19N5OS3/c1-21-14(10-25-17-18-12-6-2-3-7-13(12)26-17)19-20-16(21)24-11-15(23)22-8-4-5-9-22/h2-3,6-7H,4-5,8-11H2,1H3. The average Bonchev–Trinajstić information content (AvgIpc) is 3.38. The van der Waals surface area contributed by atoms with Gasteiger partial charge in [-0.3, -0.25) is 4.79 Å². The molecule has 0 spiro atoms. The molecule has 9 heteroatoms. The van der Waals surface area contributed by atoms with Gasteiger partial charge in [0.1, 0.15) is 5.82 Å². The van der Waals surface area contributed by atoms with E-state index in [9.17, 15) is 4.79 Å². The number of benzene rings is 1. The highest BCUT2D eigenvalue weighted by Gasteiger charge is 2.19. The van der Waals surface area contributed by atoms with E-state index in [1.165, 1.54) is 16.5 Å². The molecule has 26 heavy (non-hydrogen) atoms. The van der Waals surface area contributed by atoms with E-state index in [-0.39, 0.29) is 5.91 Å². The zero-order valence-electron chi connectivity index (χ0n) is 14.4. The van der Waals surface area contributed by atoms with Gasteiger partial charge >= 0.3 is 0 Å². The van der Waals surface area contributed by atoms with Crippen molar-refractivity contribution in [3.8, 4) is 0 Å². The van der Waals surface area contributed by atoms with Crippen LogP contribution < -0.4 is 0 Å². The van der Waals surface area contributed by atoms with E-state index in [0.717, 1.165) is 46.8 Å². The van der Waals surface area contributed by atoms with E-state index in [1.807, 2.05) is 34.7 Å². The van der Waals surface area contributed by atoms with Gasteiger partial charge in [0.2, 0.25) is 5.91 Å². The summed E-state index contributed by atoms with van der Waals surface area (Å²) in [7, 11) is 1.96. The number of para-hydroxylation sites is 1. The topological polar surface area (TPSA) is 63.9 Å². The van der Waals surface area contributed by atoms with Crippen LogP contribution in [0, 0.1) is 0 Å². The Morgan fingerprint density at radius 2 is 2.00 bits per heavy atom. The second kappa shape index (κ2) is 7.98. The molecule has 0 radical (unpaired) electrons. The summed E-state index contributed by atoms with van der Waals surface area (Å²) in [6.45, 7) is 1.78. The van der Waals surface area contributed by atoms with Crippen molar-refractivity contribution in [2.45, 2.75) is 28.1 Å². The van der Waals surface area contributed by atoms with Crippen LogP contribution in [0.25, 0.3) is 10.2 Å². The van der Waals surface area contributed by atoms with E-state index in [0.29, 0.717) is 11.5 Å². The maximum Gasteiger partial charge on any atom is 0.233 e. The molecule has 0 aliphatic carbocycles. The van der Waals surface area contributed by atoms with Gasteiger partial charge < -0.3 is 9.47 Å². The predicted molar refractivity (Wildman–Crippen MR) is 107 cm³/mol. The Balaban J connectivity index is 1.35. The van der Waals surface area contributed by atoms with Gasteiger partial charge in [-0.2, -0.15) is 0 Å². The number of hydrogen-bond donors (Lipinski definition) is 0. The summed E-state index contributed by atoms with van der Waals surface area (Å²) in [6.07, 6.45) is 2.24. The highest BCUT2D eigenvalue weighted by molar-refractivity contribution is 8.00. The average molecular weight is 406 g/mol. The number of carbonyl (C=O) groups is 1. The summed E-state index contributed by atoms with van der Waals surface area (Å²) >= 11 is 4.83. The highest BCUT2D eigenvalue weighted by Crippen LogP contribution is 2.31. The van der Waals surface area contributed by atoms with Crippen molar-refractivity contribution in [2.75, 3.05) is 18.8 Å². The molecule has 1 aliphatic rings. The largest absolute Gasteiger partial charge is 0.342 e. The molecular formula is C17H19N5OS3. The number of amides is 1. The number of rotatable bonds is 6. The maximum atomic E-state index is 12.2. The first-order valence-corrected chi connectivity index (χ1v) is 11.3. The van der Waals surface area contributed by atoms with Gasteiger partial charge in [-0.15, -0.1) is 21.5 Å². The second-order valence-corrected chi connectivity index (χ2v) is 9.27. The van der Waals surface area contributed by atoms with Gasteiger partial charge in [-0.1, -0.05) is 35.7 Å². The van der Waals surface area contributed by atoms with E-state index < -0.39 is 0 Å². The van der Waals surface area contributed by atoms with Crippen molar-refractivity contribution >= 4 is 51.0 Å². The summed E-state index contributed by atoms with van der Waals surface area (Å²) in [6, 6.07) is 8.16. The van der Waals surface area contributed by atoms with Crippen LogP contribution in [0.3, 0.4) is 0 Å². The number of carbonyl (C=O) groups excluding carboxylic acids is 1. The van der Waals surface area contributed by atoms with Crippen molar-refractivity contribution in [3.63, 3.8) is 0 Å².